The standard InChI is InChI=1S/C19H20N6O/c1-25(13-8-15-4-9-20-10-5-15)19(26)17-2-3-18(24-23-17)22-14-16-6-11-21-12-7-16/h2-7,9-12H,8,13-14H2,1H3,(H,22,24). The highest BCUT2D eigenvalue weighted by Crippen LogP contribution is 2.07. The summed E-state index contributed by atoms with van der Waals surface area (Å²) in [4.78, 5) is 22.1. The second kappa shape index (κ2) is 8.66. The topological polar surface area (TPSA) is 83.9 Å². The third-order valence-corrected chi connectivity index (χ3v) is 3.94. The second-order valence-electron chi connectivity index (χ2n) is 5.84. The molecule has 0 saturated heterocycles. The summed E-state index contributed by atoms with van der Waals surface area (Å²) in [7, 11) is 1.76. The van der Waals surface area contributed by atoms with Gasteiger partial charge in [0.1, 0.15) is 5.82 Å². The smallest absolute Gasteiger partial charge is 0.274 e. The van der Waals surface area contributed by atoms with Gasteiger partial charge in [0, 0.05) is 44.9 Å². The summed E-state index contributed by atoms with van der Waals surface area (Å²) >= 11 is 0. The molecule has 0 spiro atoms. The molecule has 3 heterocycles. The monoisotopic (exact) mass is 348 g/mol. The van der Waals surface area contributed by atoms with Gasteiger partial charge in [-0.2, -0.15) is 0 Å². The van der Waals surface area contributed by atoms with E-state index in [0.29, 0.717) is 24.6 Å². The van der Waals surface area contributed by atoms with E-state index in [0.717, 1.165) is 17.5 Å². The molecule has 0 aliphatic heterocycles. The van der Waals surface area contributed by atoms with E-state index >= 15 is 0 Å². The number of hydrogen-bond donors (Lipinski definition) is 1. The zero-order valence-electron chi connectivity index (χ0n) is 14.5. The van der Waals surface area contributed by atoms with Gasteiger partial charge in [0.15, 0.2) is 5.69 Å². The number of aromatic nitrogens is 4. The van der Waals surface area contributed by atoms with Gasteiger partial charge >= 0.3 is 0 Å². The maximum absolute atomic E-state index is 12.4. The Bertz CT molecular complexity index is 824. The van der Waals surface area contributed by atoms with Crippen molar-refractivity contribution in [1.82, 2.24) is 25.1 Å². The number of hydrogen-bond acceptors (Lipinski definition) is 6. The molecule has 0 bridgehead atoms. The van der Waals surface area contributed by atoms with Crippen LogP contribution in [0.3, 0.4) is 0 Å². The Morgan fingerprint density at radius 1 is 0.923 bits per heavy atom. The van der Waals surface area contributed by atoms with Crippen molar-refractivity contribution in [1.29, 1.82) is 0 Å². The van der Waals surface area contributed by atoms with Crippen LogP contribution in [0.15, 0.2) is 61.2 Å². The van der Waals surface area contributed by atoms with Crippen molar-refractivity contribution >= 4 is 11.7 Å². The Morgan fingerprint density at radius 3 is 2.19 bits per heavy atom. The Labute approximate surface area is 152 Å². The fourth-order valence-electron chi connectivity index (χ4n) is 2.38. The Balaban J connectivity index is 1.52. The van der Waals surface area contributed by atoms with Crippen molar-refractivity contribution in [3.8, 4) is 0 Å². The van der Waals surface area contributed by atoms with E-state index in [-0.39, 0.29) is 5.91 Å². The zero-order valence-corrected chi connectivity index (χ0v) is 14.5. The molecule has 7 heteroatoms. The number of nitrogens with one attached hydrogen (secondary N) is 1. The summed E-state index contributed by atoms with van der Waals surface area (Å²) in [5.74, 6) is 0.477. The van der Waals surface area contributed by atoms with Gasteiger partial charge in [-0.05, 0) is 53.9 Å². The number of amides is 1. The van der Waals surface area contributed by atoms with Gasteiger partial charge in [-0.25, -0.2) is 0 Å². The summed E-state index contributed by atoms with van der Waals surface area (Å²) in [6, 6.07) is 11.2. The van der Waals surface area contributed by atoms with Crippen LogP contribution in [-0.2, 0) is 13.0 Å². The van der Waals surface area contributed by atoms with E-state index in [1.54, 1.807) is 48.9 Å². The first kappa shape index (κ1) is 17.5. The van der Waals surface area contributed by atoms with E-state index in [4.69, 9.17) is 0 Å². The summed E-state index contributed by atoms with van der Waals surface area (Å²) < 4.78 is 0. The molecule has 0 unspecified atom stereocenters. The lowest BCUT2D eigenvalue weighted by molar-refractivity contribution is 0.0789. The maximum atomic E-state index is 12.4. The molecule has 132 valence electrons. The van der Waals surface area contributed by atoms with Crippen LogP contribution in [0.1, 0.15) is 21.6 Å². The van der Waals surface area contributed by atoms with E-state index in [1.165, 1.54) is 0 Å². The SMILES string of the molecule is CN(CCc1ccncc1)C(=O)c1ccc(NCc2ccncc2)nn1. The molecule has 0 aliphatic rings. The van der Waals surface area contributed by atoms with Gasteiger partial charge < -0.3 is 10.2 Å². The molecule has 7 nitrogen and oxygen atoms in total. The van der Waals surface area contributed by atoms with Crippen LogP contribution in [0.4, 0.5) is 5.82 Å². The van der Waals surface area contributed by atoms with Crippen molar-refractivity contribution in [3.63, 3.8) is 0 Å². The van der Waals surface area contributed by atoms with Crippen LogP contribution in [0.5, 0.6) is 0 Å². The van der Waals surface area contributed by atoms with Crippen LogP contribution >= 0.6 is 0 Å². The molecule has 0 atom stereocenters. The van der Waals surface area contributed by atoms with Gasteiger partial charge in [-0.15, -0.1) is 10.2 Å². The summed E-state index contributed by atoms with van der Waals surface area (Å²) in [6.07, 6.45) is 7.75. The molecule has 1 N–H and O–H groups in total. The number of rotatable bonds is 7. The summed E-state index contributed by atoms with van der Waals surface area (Å²) in [5, 5.41) is 11.3. The lowest BCUT2D eigenvalue weighted by Gasteiger charge is -2.16. The highest BCUT2D eigenvalue weighted by molar-refractivity contribution is 5.92. The van der Waals surface area contributed by atoms with Crippen LogP contribution in [0, 0.1) is 0 Å². The van der Waals surface area contributed by atoms with Gasteiger partial charge in [-0.1, -0.05) is 0 Å². The van der Waals surface area contributed by atoms with Crippen molar-refractivity contribution in [2.24, 2.45) is 0 Å². The fourth-order valence-corrected chi connectivity index (χ4v) is 2.38. The Hall–Kier alpha value is -3.35. The first-order chi connectivity index (χ1) is 12.7. The first-order valence-electron chi connectivity index (χ1n) is 8.33. The predicted octanol–water partition coefficient (Wildman–Crippen LogP) is 2.19. The van der Waals surface area contributed by atoms with Crippen molar-refractivity contribution < 1.29 is 4.79 Å². The first-order valence-corrected chi connectivity index (χ1v) is 8.33. The minimum atomic E-state index is -0.146. The molecular formula is C19H20N6O. The number of likely N-dealkylation sites (N-methyl/N-ethyl adjacent to an activating group) is 1. The molecule has 1 amide bonds. The third-order valence-electron chi connectivity index (χ3n) is 3.94. The molecule has 0 saturated carbocycles. The largest absolute Gasteiger partial charge is 0.365 e. The third kappa shape index (κ3) is 4.83. The number of anilines is 1. The molecule has 3 aromatic rings. The Morgan fingerprint density at radius 2 is 1.58 bits per heavy atom. The van der Waals surface area contributed by atoms with Crippen LogP contribution in [-0.4, -0.2) is 44.6 Å². The van der Waals surface area contributed by atoms with Gasteiger partial charge in [0.25, 0.3) is 5.91 Å². The number of carbonyl (C=O) groups excluding carboxylic acids is 1. The maximum Gasteiger partial charge on any atom is 0.274 e. The van der Waals surface area contributed by atoms with Gasteiger partial charge in [0.05, 0.1) is 0 Å². The zero-order chi connectivity index (χ0) is 18.2. The fraction of sp³-hybridized carbons (Fsp3) is 0.211. The van der Waals surface area contributed by atoms with Crippen LogP contribution < -0.4 is 5.32 Å². The van der Waals surface area contributed by atoms with E-state index in [9.17, 15) is 4.79 Å². The average Bonchev–Trinajstić information content (AvgIpc) is 2.72. The molecule has 26 heavy (non-hydrogen) atoms. The molecule has 3 rings (SSSR count). The van der Waals surface area contributed by atoms with Crippen LogP contribution in [0.2, 0.25) is 0 Å². The van der Waals surface area contributed by atoms with Crippen molar-refractivity contribution in [2.45, 2.75) is 13.0 Å². The number of carbonyl (C=O) groups is 1. The summed E-state index contributed by atoms with van der Waals surface area (Å²) in [6.45, 7) is 1.23. The molecule has 0 fully saturated rings. The number of nitrogens with zero attached hydrogens (tertiary/aromatic N) is 5. The number of pyridine rings is 2. The second-order valence-corrected chi connectivity index (χ2v) is 5.84. The quantitative estimate of drug-likeness (QED) is 0.705. The highest BCUT2D eigenvalue weighted by atomic mass is 16.2. The summed E-state index contributed by atoms with van der Waals surface area (Å²) in [5.41, 5.74) is 2.57. The van der Waals surface area contributed by atoms with Crippen molar-refractivity contribution in [3.05, 3.63) is 78.0 Å². The average molecular weight is 348 g/mol. The van der Waals surface area contributed by atoms with E-state index in [2.05, 4.69) is 25.5 Å². The molecule has 0 aromatic carbocycles. The molecule has 0 aliphatic carbocycles. The molecular weight excluding hydrogens is 328 g/mol. The van der Waals surface area contributed by atoms with Gasteiger partial charge in [0.2, 0.25) is 0 Å². The lowest BCUT2D eigenvalue weighted by Crippen LogP contribution is -2.29. The van der Waals surface area contributed by atoms with Gasteiger partial charge in [-0.3, -0.25) is 14.8 Å². The van der Waals surface area contributed by atoms with E-state index < -0.39 is 0 Å². The highest BCUT2D eigenvalue weighted by Gasteiger charge is 2.13. The Kier molecular flexibility index (Phi) is 5.82. The molecule has 0 radical (unpaired) electrons. The minimum absolute atomic E-state index is 0.146. The normalized spacial score (nSPS) is 10.3. The minimum Gasteiger partial charge on any atom is -0.365 e. The lowest BCUT2D eigenvalue weighted by atomic mass is 10.2. The van der Waals surface area contributed by atoms with Crippen LogP contribution in [0.25, 0.3) is 0 Å². The predicted molar refractivity (Wildman–Crippen MR) is 98.5 cm³/mol. The van der Waals surface area contributed by atoms with E-state index in [1.807, 2.05) is 24.3 Å². The molecule has 3 aromatic heterocycles. The van der Waals surface area contributed by atoms with Crippen molar-refractivity contribution in [2.75, 3.05) is 18.9 Å².